The fourth-order valence-corrected chi connectivity index (χ4v) is 11.4. The van der Waals surface area contributed by atoms with Gasteiger partial charge in [0.2, 0.25) is 0 Å². The van der Waals surface area contributed by atoms with Crippen LogP contribution in [0.25, 0.3) is 0 Å². The molecule has 0 spiro atoms. The summed E-state index contributed by atoms with van der Waals surface area (Å²) in [4.78, 5) is 41.7. The SMILES string of the molecule is C=CC1C(OCc2ccccc2)C(=O)C(OP(=O)(OCc2ccccc2)OCC(COC(=O)CCCCCCCCCCCCCCC)OC(=O)CCCCCCCCCCCCCCC)C(OCc2ccccc2)C1C=C. The van der Waals surface area contributed by atoms with Gasteiger partial charge in [0.25, 0.3) is 0 Å². The van der Waals surface area contributed by atoms with E-state index < -0.39 is 68.4 Å². The van der Waals surface area contributed by atoms with Gasteiger partial charge in [-0.1, -0.05) is 271 Å². The minimum atomic E-state index is -4.78. The molecule has 3 aromatic carbocycles. The van der Waals surface area contributed by atoms with Crippen molar-refractivity contribution < 1.29 is 51.5 Å². The van der Waals surface area contributed by atoms with Crippen LogP contribution in [0.5, 0.6) is 0 Å². The van der Waals surface area contributed by atoms with Gasteiger partial charge in [-0.05, 0) is 29.5 Å². The molecule has 0 amide bonds. The summed E-state index contributed by atoms with van der Waals surface area (Å²) in [6.07, 6.45) is 29.6. The number of unbranched alkanes of at least 4 members (excludes halogenated alkanes) is 24. The molecule has 0 heterocycles. The van der Waals surface area contributed by atoms with Crippen LogP contribution >= 0.6 is 7.82 Å². The molecule has 1 fully saturated rings. The summed E-state index contributed by atoms with van der Waals surface area (Å²) in [5.74, 6) is -2.62. The average Bonchev–Trinajstić information content (AvgIpc) is 3.60. The molecular weight excluding hydrogens is 1000 g/mol. The summed E-state index contributed by atoms with van der Waals surface area (Å²) in [5.41, 5.74) is 2.36. The van der Waals surface area contributed by atoms with Crippen LogP contribution < -0.4 is 0 Å². The molecule has 0 N–H and O–H groups in total. The van der Waals surface area contributed by atoms with Crippen molar-refractivity contribution in [3.8, 4) is 0 Å². The number of carbonyl (C=O) groups is 3. The van der Waals surface area contributed by atoms with Crippen molar-refractivity contribution in [2.24, 2.45) is 11.8 Å². The lowest BCUT2D eigenvalue weighted by molar-refractivity contribution is -0.171. The maximum atomic E-state index is 15.3. The number of Topliss-reactive ketones (excluding diaryl/α,β-unsaturated/α-hetero) is 1. The van der Waals surface area contributed by atoms with Crippen molar-refractivity contribution in [1.29, 1.82) is 0 Å². The van der Waals surface area contributed by atoms with Gasteiger partial charge in [0.05, 0.1) is 32.5 Å². The van der Waals surface area contributed by atoms with Crippen molar-refractivity contribution in [2.45, 2.75) is 238 Å². The molecular formula is C66H99O11P. The largest absolute Gasteiger partial charge is 0.476 e. The zero-order valence-electron chi connectivity index (χ0n) is 48.0. The van der Waals surface area contributed by atoms with E-state index in [1.165, 1.54) is 116 Å². The number of hydrogen-bond donors (Lipinski definition) is 0. The number of rotatable bonds is 47. The third kappa shape index (κ3) is 27.8. The Morgan fingerprint density at radius 2 is 0.885 bits per heavy atom. The van der Waals surface area contributed by atoms with Crippen molar-refractivity contribution in [3.05, 3.63) is 133 Å². The summed E-state index contributed by atoms with van der Waals surface area (Å²) >= 11 is 0. The number of hydrogen-bond acceptors (Lipinski definition) is 11. The van der Waals surface area contributed by atoms with Gasteiger partial charge in [-0.25, -0.2) is 4.57 Å². The number of phosphoric acid groups is 1. The number of ketones is 1. The topological polar surface area (TPSA) is 133 Å². The van der Waals surface area contributed by atoms with E-state index in [1.807, 2.05) is 78.9 Å². The average molecular weight is 1100 g/mol. The summed E-state index contributed by atoms with van der Waals surface area (Å²) in [6, 6.07) is 28.1. The first-order chi connectivity index (χ1) is 38.2. The quantitative estimate of drug-likeness (QED) is 0.0232. The summed E-state index contributed by atoms with van der Waals surface area (Å²) in [6.45, 7) is 11.9. The Hall–Kier alpha value is -4.22. The van der Waals surface area contributed by atoms with Crippen LogP contribution in [-0.2, 0) is 71.3 Å². The number of benzene rings is 3. The molecule has 0 aromatic heterocycles. The van der Waals surface area contributed by atoms with Crippen LogP contribution in [0.4, 0.5) is 0 Å². The number of phosphoric ester groups is 1. The normalized spacial score (nSPS) is 18.5. The number of carbonyl (C=O) groups excluding carboxylic acids is 3. The Morgan fingerprint density at radius 1 is 0.487 bits per heavy atom. The Morgan fingerprint density at radius 3 is 1.32 bits per heavy atom. The Kier molecular flexibility index (Phi) is 35.5. The highest BCUT2D eigenvalue weighted by Gasteiger charge is 2.53. The van der Waals surface area contributed by atoms with Gasteiger partial charge in [0.15, 0.2) is 18.0 Å². The number of esters is 2. The molecule has 1 saturated carbocycles. The first kappa shape index (κ1) is 66.3. The van der Waals surface area contributed by atoms with E-state index in [-0.39, 0.29) is 39.3 Å². The first-order valence-corrected chi connectivity index (χ1v) is 31.7. The first-order valence-electron chi connectivity index (χ1n) is 30.3. The van der Waals surface area contributed by atoms with Gasteiger partial charge in [-0.3, -0.25) is 28.0 Å². The van der Waals surface area contributed by atoms with Crippen LogP contribution in [-0.4, -0.2) is 55.4 Å². The van der Waals surface area contributed by atoms with Crippen molar-refractivity contribution in [3.63, 3.8) is 0 Å². The monoisotopic (exact) mass is 1100 g/mol. The fraction of sp³-hybridized carbons (Fsp3) is 0.621. The molecule has 4 rings (SSSR count). The van der Waals surface area contributed by atoms with Crippen molar-refractivity contribution >= 4 is 25.5 Å². The van der Waals surface area contributed by atoms with Gasteiger partial charge in [0.1, 0.15) is 12.7 Å². The molecule has 7 unspecified atom stereocenters. The van der Waals surface area contributed by atoms with Crippen LogP contribution in [0, 0.1) is 11.8 Å². The maximum absolute atomic E-state index is 15.3. The van der Waals surface area contributed by atoms with Crippen LogP contribution in [0.3, 0.4) is 0 Å². The van der Waals surface area contributed by atoms with E-state index in [1.54, 1.807) is 24.3 Å². The van der Waals surface area contributed by atoms with Gasteiger partial charge < -0.3 is 18.9 Å². The lowest BCUT2D eigenvalue weighted by Gasteiger charge is -2.43. The molecule has 7 atom stereocenters. The van der Waals surface area contributed by atoms with Gasteiger partial charge in [0, 0.05) is 24.7 Å². The van der Waals surface area contributed by atoms with E-state index in [0.717, 1.165) is 49.7 Å². The molecule has 0 aliphatic heterocycles. The third-order valence-electron chi connectivity index (χ3n) is 14.7. The van der Waals surface area contributed by atoms with E-state index >= 15 is 4.57 Å². The molecule has 0 bridgehead atoms. The van der Waals surface area contributed by atoms with Crippen molar-refractivity contribution in [2.75, 3.05) is 13.2 Å². The molecule has 0 radical (unpaired) electrons. The van der Waals surface area contributed by atoms with Crippen LogP contribution in [0.1, 0.15) is 210 Å². The lowest BCUT2D eigenvalue weighted by Crippen LogP contribution is -2.57. The Labute approximate surface area is 471 Å². The second kappa shape index (κ2) is 41.7. The smallest absolute Gasteiger partial charge is 0.462 e. The second-order valence-electron chi connectivity index (χ2n) is 21.3. The number of ether oxygens (including phenoxy) is 4. The molecule has 1 aliphatic carbocycles. The molecule has 78 heavy (non-hydrogen) atoms. The minimum absolute atomic E-state index is 0.0976. The third-order valence-corrected chi connectivity index (χ3v) is 16.1. The van der Waals surface area contributed by atoms with Crippen LogP contribution in [0.2, 0.25) is 0 Å². The zero-order chi connectivity index (χ0) is 55.7. The van der Waals surface area contributed by atoms with Crippen molar-refractivity contribution in [1.82, 2.24) is 0 Å². The molecule has 3 aromatic rings. The predicted octanol–water partition coefficient (Wildman–Crippen LogP) is 17.5. The van der Waals surface area contributed by atoms with Gasteiger partial charge in [-0.15, -0.1) is 13.2 Å². The van der Waals surface area contributed by atoms with Gasteiger partial charge in [-0.2, -0.15) is 0 Å². The predicted molar refractivity (Wildman–Crippen MR) is 314 cm³/mol. The molecule has 0 saturated heterocycles. The zero-order valence-corrected chi connectivity index (χ0v) is 48.9. The molecule has 1 aliphatic rings. The standard InChI is InChI=1S/C66H99O11P/c1-5-9-11-13-15-17-19-21-23-25-27-29-40-48-61(67)71-53-58(76-62(68)49-41-30-28-26-24-22-20-18-16-14-12-10-6-2)54-75-78(70,74-52-57-46-38-33-39-47-57)77-66-63(69)64(72-50-55-42-34-31-35-43-55)59(7-3)60(8-4)65(66)73-51-56-44-36-32-37-45-56/h7-8,31-39,42-47,58-60,64-66H,3-6,9-30,40-41,48-54H2,1-2H3. The highest BCUT2D eigenvalue weighted by molar-refractivity contribution is 7.48. The summed E-state index contributed by atoms with van der Waals surface area (Å²) < 4.78 is 58.6. The minimum Gasteiger partial charge on any atom is -0.462 e. The Bertz CT molecular complexity index is 2080. The van der Waals surface area contributed by atoms with E-state index in [4.69, 9.17) is 32.5 Å². The van der Waals surface area contributed by atoms with Crippen LogP contribution in [0.15, 0.2) is 116 Å². The molecule has 434 valence electrons. The molecule has 12 heteroatoms. The summed E-state index contributed by atoms with van der Waals surface area (Å²) in [7, 11) is -4.78. The summed E-state index contributed by atoms with van der Waals surface area (Å²) in [5, 5.41) is 0. The Balaban J connectivity index is 1.46. The fourth-order valence-electron chi connectivity index (χ4n) is 10.1. The van der Waals surface area contributed by atoms with E-state index in [9.17, 15) is 14.4 Å². The highest BCUT2D eigenvalue weighted by atomic mass is 31.2. The van der Waals surface area contributed by atoms with E-state index in [0.29, 0.717) is 18.4 Å². The highest BCUT2D eigenvalue weighted by Crippen LogP contribution is 2.54. The lowest BCUT2D eigenvalue weighted by atomic mass is 9.73. The molecule has 11 nitrogen and oxygen atoms in total. The maximum Gasteiger partial charge on any atom is 0.476 e. The second-order valence-corrected chi connectivity index (χ2v) is 22.9. The van der Waals surface area contributed by atoms with E-state index in [2.05, 4.69) is 27.0 Å². The van der Waals surface area contributed by atoms with Gasteiger partial charge >= 0.3 is 19.8 Å².